The van der Waals surface area contributed by atoms with Gasteiger partial charge in [0, 0.05) is 0 Å². The minimum absolute atomic E-state index is 0.201. The van der Waals surface area contributed by atoms with Crippen molar-refractivity contribution in [2.45, 2.75) is 6.92 Å². The minimum atomic E-state index is -3.66. The van der Waals surface area contributed by atoms with Crippen LogP contribution in [0.2, 0.25) is 0 Å². The predicted octanol–water partition coefficient (Wildman–Crippen LogP) is 0.892. The molecule has 0 aliphatic heterocycles. The average molecular weight is 205 g/mol. The molecule has 7 heteroatoms. The van der Waals surface area contributed by atoms with E-state index in [4.69, 9.17) is 22.7 Å². The van der Waals surface area contributed by atoms with Crippen LogP contribution in [0, 0.1) is 0 Å². The Hall–Kier alpha value is 1.26. The van der Waals surface area contributed by atoms with E-state index in [9.17, 15) is 8.42 Å². The van der Waals surface area contributed by atoms with Gasteiger partial charge in [0.15, 0.2) is 0 Å². The normalized spacial score (nSPS) is 8.89. The first kappa shape index (κ1) is 12.9. The van der Waals surface area contributed by atoms with Gasteiger partial charge in [0.25, 0.3) is 10.1 Å². The molecule has 0 radical (unpaired) electrons. The van der Waals surface area contributed by atoms with Crippen LogP contribution < -0.4 is 0 Å². The van der Waals surface area contributed by atoms with Crippen LogP contribution in [-0.2, 0) is 10.1 Å². The van der Waals surface area contributed by atoms with Crippen molar-refractivity contribution < 1.29 is 13.0 Å². The predicted molar refractivity (Wildman–Crippen MR) is 39.5 cm³/mol. The zero-order chi connectivity index (χ0) is 7.91. The molecule has 0 aromatic rings. The third-order valence-corrected chi connectivity index (χ3v) is 1.09. The molecule has 0 aromatic heterocycles. The van der Waals surface area contributed by atoms with Crippen LogP contribution in [0.5, 0.6) is 0 Å². The van der Waals surface area contributed by atoms with Crippen LogP contribution in [0.1, 0.15) is 6.92 Å². The van der Waals surface area contributed by atoms with Gasteiger partial charge in [0.1, 0.15) is 0 Å². The first-order valence-corrected chi connectivity index (χ1v) is 7.93. The van der Waals surface area contributed by atoms with Gasteiger partial charge in [0.2, 0.25) is 0 Å². The first-order valence-electron chi connectivity index (χ1n) is 2.05. The van der Waals surface area contributed by atoms with E-state index in [-0.39, 0.29) is 5.75 Å². The maximum Gasteiger partial charge on any atom is 0.618 e. The quantitative estimate of drug-likeness (QED) is 0.511. The number of hydrogen-bond donors (Lipinski definition) is 1. The molecule has 0 aliphatic rings. The highest BCUT2D eigenvalue weighted by Crippen LogP contribution is 1.74. The molecular weight excluding hydrogens is 199 g/mol. The summed E-state index contributed by atoms with van der Waals surface area (Å²) in [5.41, 5.74) is 0. The zero-order valence-corrected chi connectivity index (χ0v) is 8.58. The molecular formula is C2H6Cl2MgO3S. The molecule has 0 rings (SSSR count). The lowest BCUT2D eigenvalue weighted by Gasteiger charge is -1.79. The minimum Gasteiger partial charge on any atom is -0.309 e. The van der Waals surface area contributed by atoms with Gasteiger partial charge in [-0.05, 0) is 6.92 Å². The molecule has 0 atom stereocenters. The van der Waals surface area contributed by atoms with Crippen LogP contribution in [0.25, 0.3) is 0 Å². The summed E-state index contributed by atoms with van der Waals surface area (Å²) < 4.78 is 26.9. The molecule has 0 aromatic carbocycles. The second-order valence-electron chi connectivity index (χ2n) is 0.972. The summed E-state index contributed by atoms with van der Waals surface area (Å²) in [5.74, 6) is -0.201. The van der Waals surface area contributed by atoms with Crippen molar-refractivity contribution >= 4 is 46.4 Å². The van der Waals surface area contributed by atoms with Crippen molar-refractivity contribution in [3.05, 3.63) is 0 Å². The molecule has 0 aliphatic carbocycles. The van der Waals surface area contributed by atoms with E-state index in [2.05, 4.69) is 0 Å². The summed E-state index contributed by atoms with van der Waals surface area (Å²) in [6.45, 7) is 1.37. The smallest absolute Gasteiger partial charge is 0.309 e. The fourth-order valence-corrected chi connectivity index (χ4v) is 0. The van der Waals surface area contributed by atoms with E-state index >= 15 is 0 Å². The number of hydrogen-bond acceptors (Lipinski definition) is 2. The maximum absolute atomic E-state index is 9.56. The van der Waals surface area contributed by atoms with Crippen LogP contribution in [-0.4, -0.2) is 36.9 Å². The molecule has 0 bridgehead atoms. The third-order valence-electron chi connectivity index (χ3n) is 0.365. The molecule has 0 spiro atoms. The fraction of sp³-hybridized carbons (Fsp3) is 1.00. The Bertz CT molecular complexity index is 133. The van der Waals surface area contributed by atoms with Crippen LogP contribution in [0.4, 0.5) is 0 Å². The average Bonchev–Trinajstić information content (AvgIpc) is 1.67. The van der Waals surface area contributed by atoms with Gasteiger partial charge in [-0.1, -0.05) is 0 Å². The van der Waals surface area contributed by atoms with Crippen molar-refractivity contribution in [2.75, 3.05) is 5.75 Å². The highest BCUT2D eigenvalue weighted by Gasteiger charge is 1.93. The Morgan fingerprint density at radius 2 is 1.67 bits per heavy atom. The van der Waals surface area contributed by atoms with E-state index in [1.165, 1.54) is 6.92 Å². The van der Waals surface area contributed by atoms with Gasteiger partial charge >= 0.3 is 18.2 Å². The van der Waals surface area contributed by atoms with Gasteiger partial charge in [-0.2, -0.15) is 8.42 Å². The SMILES string of the molecule is CCS(=O)(=O)O.[Cl][Mg][Cl]. The molecule has 1 N–H and O–H groups in total. The van der Waals surface area contributed by atoms with E-state index in [1.54, 1.807) is 0 Å². The molecule has 0 fully saturated rings. The van der Waals surface area contributed by atoms with E-state index < -0.39 is 28.3 Å². The van der Waals surface area contributed by atoms with Crippen LogP contribution in [0.15, 0.2) is 0 Å². The largest absolute Gasteiger partial charge is 0.618 e. The third kappa shape index (κ3) is 26.9. The van der Waals surface area contributed by atoms with Crippen LogP contribution >= 0.6 is 18.1 Å². The highest BCUT2D eigenvalue weighted by molar-refractivity contribution is 7.85. The van der Waals surface area contributed by atoms with Gasteiger partial charge in [0.05, 0.1) is 5.75 Å². The summed E-state index contributed by atoms with van der Waals surface area (Å²) in [7, 11) is 6.14. The van der Waals surface area contributed by atoms with E-state index in [0.29, 0.717) is 0 Å². The number of halogens is 2. The lowest BCUT2D eigenvalue weighted by atomic mass is 11.0. The van der Waals surface area contributed by atoms with Gasteiger partial charge in [-0.25, -0.2) is 0 Å². The Morgan fingerprint density at radius 3 is 1.67 bits per heavy atom. The monoisotopic (exact) mass is 204 g/mol. The van der Waals surface area contributed by atoms with Crippen molar-refractivity contribution in [3.8, 4) is 0 Å². The summed E-state index contributed by atoms with van der Waals surface area (Å²) >= 11 is -0.639. The molecule has 0 amide bonds. The second-order valence-corrected chi connectivity index (χ2v) is 5.34. The number of rotatable bonds is 1. The van der Waals surface area contributed by atoms with Crippen molar-refractivity contribution in [2.24, 2.45) is 0 Å². The molecule has 0 heterocycles. The molecule has 0 saturated carbocycles. The van der Waals surface area contributed by atoms with Gasteiger partial charge in [-0.15, -0.1) is 0 Å². The zero-order valence-electron chi connectivity index (χ0n) is 4.84. The molecule has 3 nitrogen and oxygen atoms in total. The van der Waals surface area contributed by atoms with Crippen molar-refractivity contribution in [1.29, 1.82) is 0 Å². The van der Waals surface area contributed by atoms with Gasteiger partial charge in [-0.3, -0.25) is 4.55 Å². The molecule has 9 heavy (non-hydrogen) atoms. The molecule has 0 unspecified atom stereocenters. The topological polar surface area (TPSA) is 54.4 Å². The summed E-state index contributed by atoms with van der Waals surface area (Å²) in [6.07, 6.45) is 0. The Balaban J connectivity index is 0. The lowest BCUT2D eigenvalue weighted by molar-refractivity contribution is 0.484. The maximum atomic E-state index is 9.56. The van der Waals surface area contributed by atoms with Crippen molar-refractivity contribution in [1.82, 2.24) is 0 Å². The molecule has 0 saturated heterocycles. The Kier molecular flexibility index (Phi) is 10.5. The van der Waals surface area contributed by atoms with Crippen LogP contribution in [0.3, 0.4) is 0 Å². The Labute approximate surface area is 71.7 Å². The summed E-state index contributed by atoms with van der Waals surface area (Å²) in [6, 6.07) is 0. The Morgan fingerprint density at radius 1 is 1.56 bits per heavy atom. The van der Waals surface area contributed by atoms with E-state index in [1.807, 2.05) is 0 Å². The van der Waals surface area contributed by atoms with E-state index in [0.717, 1.165) is 0 Å². The van der Waals surface area contributed by atoms with Crippen molar-refractivity contribution in [3.63, 3.8) is 0 Å². The first-order chi connectivity index (χ1) is 3.97. The van der Waals surface area contributed by atoms with Gasteiger partial charge < -0.3 is 18.1 Å². The standard InChI is InChI=1S/C2H6O3S.2ClH.Mg/c1-2-6(3,4)5;;;/h2H2,1H3,(H,3,4,5);2*1H;/q;;;+2/p-2. The lowest BCUT2D eigenvalue weighted by Crippen LogP contribution is -1.97. The fourth-order valence-electron chi connectivity index (χ4n) is 0. The summed E-state index contributed by atoms with van der Waals surface area (Å²) in [4.78, 5) is 0. The summed E-state index contributed by atoms with van der Waals surface area (Å²) in [5, 5.41) is 0. The molecule has 54 valence electrons. The highest BCUT2D eigenvalue weighted by atomic mass is 35.6. The second kappa shape index (κ2) is 7.36.